The van der Waals surface area contributed by atoms with E-state index < -0.39 is 10.0 Å². The van der Waals surface area contributed by atoms with Gasteiger partial charge in [0.05, 0.1) is 5.69 Å². The number of hydrogen-bond donors (Lipinski definition) is 0. The van der Waals surface area contributed by atoms with Crippen LogP contribution in [0.3, 0.4) is 0 Å². The first-order chi connectivity index (χ1) is 10.9. The molecule has 0 N–H and O–H groups in total. The predicted octanol–water partition coefficient (Wildman–Crippen LogP) is 1.89. The molecule has 2 heterocycles. The number of nitrogens with zero attached hydrogens (tertiary/aromatic N) is 4. The lowest BCUT2D eigenvalue weighted by Gasteiger charge is -2.35. The Labute approximate surface area is 141 Å². The highest BCUT2D eigenvalue weighted by Crippen LogP contribution is 2.23. The van der Waals surface area contributed by atoms with Gasteiger partial charge in [-0.2, -0.15) is 9.40 Å². The van der Waals surface area contributed by atoms with Gasteiger partial charge in [-0.3, -0.25) is 4.68 Å². The number of hydrogen-bond acceptors (Lipinski definition) is 4. The average molecular weight is 355 g/mol. The SMILES string of the molecule is Cc1nn(C)cc1S(=O)(=O)N1CCN(c2ccc(Cl)cc2)CC1. The highest BCUT2D eigenvalue weighted by atomic mass is 35.5. The molecule has 1 aliphatic rings. The van der Waals surface area contributed by atoms with E-state index in [1.54, 1.807) is 20.2 Å². The van der Waals surface area contributed by atoms with Crippen molar-refractivity contribution in [3.63, 3.8) is 0 Å². The van der Waals surface area contributed by atoms with Crippen molar-refractivity contribution < 1.29 is 8.42 Å². The van der Waals surface area contributed by atoms with Crippen molar-refractivity contribution in [3.8, 4) is 0 Å². The number of anilines is 1. The van der Waals surface area contributed by atoms with Gasteiger partial charge in [0.15, 0.2) is 0 Å². The van der Waals surface area contributed by atoms with Crippen molar-refractivity contribution in [2.45, 2.75) is 11.8 Å². The molecule has 0 saturated carbocycles. The van der Waals surface area contributed by atoms with E-state index in [4.69, 9.17) is 11.6 Å². The Balaban J connectivity index is 1.73. The van der Waals surface area contributed by atoms with E-state index in [-0.39, 0.29) is 0 Å². The van der Waals surface area contributed by atoms with Crippen molar-refractivity contribution >= 4 is 27.3 Å². The largest absolute Gasteiger partial charge is 0.369 e. The summed E-state index contributed by atoms with van der Waals surface area (Å²) in [7, 11) is -1.76. The topological polar surface area (TPSA) is 58.4 Å². The number of piperazine rings is 1. The summed E-state index contributed by atoms with van der Waals surface area (Å²) in [5, 5.41) is 4.83. The highest BCUT2D eigenvalue weighted by molar-refractivity contribution is 7.89. The molecule has 0 bridgehead atoms. The molecule has 1 saturated heterocycles. The molecule has 0 atom stereocenters. The summed E-state index contributed by atoms with van der Waals surface area (Å²) in [4.78, 5) is 2.46. The third-order valence-electron chi connectivity index (χ3n) is 4.02. The zero-order valence-corrected chi connectivity index (χ0v) is 14.7. The average Bonchev–Trinajstić information content (AvgIpc) is 2.87. The Morgan fingerprint density at radius 1 is 1.09 bits per heavy atom. The zero-order chi connectivity index (χ0) is 16.6. The van der Waals surface area contributed by atoms with Crippen LogP contribution < -0.4 is 4.90 Å². The van der Waals surface area contributed by atoms with E-state index in [1.165, 1.54) is 8.99 Å². The number of rotatable bonds is 3. The van der Waals surface area contributed by atoms with Crippen LogP contribution in [0.5, 0.6) is 0 Å². The Kier molecular flexibility index (Phi) is 4.35. The standard InChI is InChI=1S/C15H19ClN4O2S/c1-12-15(11-18(2)17-12)23(21,22)20-9-7-19(8-10-20)14-5-3-13(16)4-6-14/h3-6,11H,7-10H2,1-2H3. The molecule has 1 aromatic heterocycles. The fourth-order valence-corrected chi connectivity index (χ4v) is 4.56. The minimum Gasteiger partial charge on any atom is -0.369 e. The van der Waals surface area contributed by atoms with E-state index in [1.807, 2.05) is 24.3 Å². The van der Waals surface area contributed by atoms with Crippen molar-refractivity contribution in [2.75, 3.05) is 31.1 Å². The van der Waals surface area contributed by atoms with Crippen LogP contribution in [0.1, 0.15) is 5.69 Å². The summed E-state index contributed by atoms with van der Waals surface area (Å²) in [5.41, 5.74) is 1.59. The van der Waals surface area contributed by atoms with Gasteiger partial charge in [-0.05, 0) is 31.2 Å². The van der Waals surface area contributed by atoms with Crippen LogP contribution in [0.25, 0.3) is 0 Å². The molecule has 0 unspecified atom stereocenters. The zero-order valence-electron chi connectivity index (χ0n) is 13.1. The normalized spacial score (nSPS) is 16.7. The van der Waals surface area contributed by atoms with Crippen LogP contribution in [0, 0.1) is 6.92 Å². The number of aryl methyl sites for hydroxylation is 2. The minimum atomic E-state index is -3.48. The van der Waals surface area contributed by atoms with E-state index in [0.29, 0.717) is 41.8 Å². The van der Waals surface area contributed by atoms with Crippen molar-refractivity contribution in [1.82, 2.24) is 14.1 Å². The molecule has 6 nitrogen and oxygen atoms in total. The lowest BCUT2D eigenvalue weighted by Crippen LogP contribution is -2.48. The maximum Gasteiger partial charge on any atom is 0.246 e. The third kappa shape index (κ3) is 3.22. The van der Waals surface area contributed by atoms with Crippen LogP contribution in [-0.2, 0) is 17.1 Å². The second kappa shape index (κ2) is 6.14. The molecule has 0 spiro atoms. The van der Waals surface area contributed by atoms with Gasteiger partial charge in [0, 0.05) is 50.1 Å². The highest BCUT2D eigenvalue weighted by Gasteiger charge is 2.31. The van der Waals surface area contributed by atoms with Crippen molar-refractivity contribution in [3.05, 3.63) is 41.2 Å². The molecule has 124 valence electrons. The van der Waals surface area contributed by atoms with Gasteiger partial charge >= 0.3 is 0 Å². The van der Waals surface area contributed by atoms with E-state index in [9.17, 15) is 8.42 Å². The van der Waals surface area contributed by atoms with Crippen LogP contribution >= 0.6 is 11.6 Å². The molecule has 1 aromatic carbocycles. The van der Waals surface area contributed by atoms with Gasteiger partial charge in [-0.25, -0.2) is 8.42 Å². The van der Waals surface area contributed by atoms with Crippen molar-refractivity contribution in [1.29, 1.82) is 0 Å². The molecule has 8 heteroatoms. The summed E-state index contributed by atoms with van der Waals surface area (Å²) < 4.78 is 28.6. The van der Waals surface area contributed by atoms with Gasteiger partial charge in [-0.1, -0.05) is 11.6 Å². The molecule has 1 aliphatic heterocycles. The first-order valence-electron chi connectivity index (χ1n) is 7.39. The summed E-state index contributed by atoms with van der Waals surface area (Å²) in [6.07, 6.45) is 1.57. The second-order valence-electron chi connectivity index (χ2n) is 5.62. The monoisotopic (exact) mass is 354 g/mol. The molecular formula is C15H19ClN4O2S. The smallest absolute Gasteiger partial charge is 0.246 e. The summed E-state index contributed by atoms with van der Waals surface area (Å²) in [6.45, 7) is 3.94. The van der Waals surface area contributed by atoms with Gasteiger partial charge in [0.25, 0.3) is 0 Å². The quantitative estimate of drug-likeness (QED) is 0.844. The fraction of sp³-hybridized carbons (Fsp3) is 0.400. The minimum absolute atomic E-state index is 0.292. The number of sulfonamides is 1. The van der Waals surface area contributed by atoms with Crippen LogP contribution in [0.15, 0.2) is 35.4 Å². The third-order valence-corrected chi connectivity index (χ3v) is 6.27. The van der Waals surface area contributed by atoms with Gasteiger partial charge < -0.3 is 4.90 Å². The first-order valence-corrected chi connectivity index (χ1v) is 9.20. The fourth-order valence-electron chi connectivity index (χ4n) is 2.81. The Bertz CT molecular complexity index is 793. The van der Waals surface area contributed by atoms with E-state index >= 15 is 0 Å². The van der Waals surface area contributed by atoms with Crippen LogP contribution in [-0.4, -0.2) is 48.7 Å². The summed E-state index contributed by atoms with van der Waals surface area (Å²) in [6, 6.07) is 7.60. The molecule has 3 rings (SSSR count). The Morgan fingerprint density at radius 2 is 1.70 bits per heavy atom. The maximum absolute atomic E-state index is 12.7. The number of benzene rings is 1. The Morgan fingerprint density at radius 3 is 2.22 bits per heavy atom. The van der Waals surface area contributed by atoms with Crippen LogP contribution in [0.4, 0.5) is 5.69 Å². The lowest BCUT2D eigenvalue weighted by molar-refractivity contribution is 0.384. The van der Waals surface area contributed by atoms with Gasteiger partial charge in [0.2, 0.25) is 10.0 Å². The molecule has 2 aromatic rings. The van der Waals surface area contributed by atoms with E-state index in [2.05, 4.69) is 10.00 Å². The second-order valence-corrected chi connectivity index (χ2v) is 7.96. The molecule has 0 radical (unpaired) electrons. The van der Waals surface area contributed by atoms with Gasteiger partial charge in [-0.15, -0.1) is 0 Å². The first kappa shape index (κ1) is 16.3. The Hall–Kier alpha value is -1.57. The predicted molar refractivity (Wildman–Crippen MR) is 90.4 cm³/mol. The molecule has 0 aliphatic carbocycles. The van der Waals surface area contributed by atoms with Crippen molar-refractivity contribution in [2.24, 2.45) is 7.05 Å². The lowest BCUT2D eigenvalue weighted by atomic mass is 10.2. The molecule has 23 heavy (non-hydrogen) atoms. The van der Waals surface area contributed by atoms with E-state index in [0.717, 1.165) is 5.69 Å². The molecular weight excluding hydrogens is 336 g/mol. The summed E-state index contributed by atoms with van der Waals surface area (Å²) in [5.74, 6) is 0. The molecule has 1 fully saturated rings. The number of aromatic nitrogens is 2. The maximum atomic E-state index is 12.7. The van der Waals surface area contributed by atoms with Gasteiger partial charge in [0.1, 0.15) is 4.90 Å². The van der Waals surface area contributed by atoms with Crippen LogP contribution in [0.2, 0.25) is 5.02 Å². The molecule has 0 amide bonds. The summed E-state index contributed by atoms with van der Waals surface area (Å²) >= 11 is 5.90. The number of halogens is 1.